The van der Waals surface area contributed by atoms with Crippen LogP contribution in [0.1, 0.15) is 46.9 Å². The topological polar surface area (TPSA) is 118 Å². The second-order valence-corrected chi connectivity index (χ2v) is 9.23. The first kappa shape index (κ1) is 21.9. The van der Waals surface area contributed by atoms with Crippen LogP contribution in [-0.2, 0) is 9.59 Å². The minimum atomic E-state index is -1.14. The van der Waals surface area contributed by atoms with E-state index in [1.54, 1.807) is 30.3 Å². The lowest BCUT2D eigenvalue weighted by atomic mass is 9.81. The van der Waals surface area contributed by atoms with E-state index in [9.17, 15) is 29.3 Å². The van der Waals surface area contributed by atoms with Crippen molar-refractivity contribution in [3.63, 3.8) is 0 Å². The first-order valence-electron chi connectivity index (χ1n) is 11.3. The summed E-state index contributed by atoms with van der Waals surface area (Å²) in [5.41, 5.74) is 0.186. The number of carbonyl (C=O) groups is 4. The molecule has 2 bridgehead atoms. The number of non-ortho nitro benzene ring substituents is 1. The molecule has 9 nitrogen and oxygen atoms in total. The summed E-state index contributed by atoms with van der Waals surface area (Å²) in [5.74, 6) is -2.72. The Bertz CT molecular complexity index is 1170. The van der Waals surface area contributed by atoms with Crippen molar-refractivity contribution in [1.29, 1.82) is 0 Å². The normalized spacial score (nSPS) is 25.9. The van der Waals surface area contributed by atoms with Gasteiger partial charge < -0.3 is 0 Å². The van der Waals surface area contributed by atoms with Crippen molar-refractivity contribution in [3.8, 4) is 0 Å². The van der Waals surface area contributed by atoms with Gasteiger partial charge in [0.05, 0.1) is 16.8 Å². The Hall–Kier alpha value is -3.88. The zero-order chi connectivity index (χ0) is 24.1. The van der Waals surface area contributed by atoms with Gasteiger partial charge in [0.1, 0.15) is 6.04 Å². The Morgan fingerprint density at radius 2 is 1.50 bits per heavy atom. The second kappa shape index (κ2) is 8.16. The SMILES string of the molecule is C[C@H](C(=O)c1ccccc1)N(C(=O)c1ccc([N+](=O)[O-])cc1)N1C(=O)[C@@H]2[C@H]3CC[C@@H](C3)[C@@H]2C1=O. The van der Waals surface area contributed by atoms with Gasteiger partial charge in [0.2, 0.25) is 0 Å². The fourth-order valence-corrected chi connectivity index (χ4v) is 5.86. The second-order valence-electron chi connectivity index (χ2n) is 9.23. The molecule has 1 aliphatic heterocycles. The zero-order valence-electron chi connectivity index (χ0n) is 18.5. The van der Waals surface area contributed by atoms with Crippen LogP contribution in [0.15, 0.2) is 54.6 Å². The highest BCUT2D eigenvalue weighted by Gasteiger charge is 2.63. The molecule has 0 N–H and O–H groups in total. The first-order valence-corrected chi connectivity index (χ1v) is 11.3. The van der Waals surface area contributed by atoms with Crippen molar-refractivity contribution in [2.45, 2.75) is 32.2 Å². The van der Waals surface area contributed by atoms with Crippen LogP contribution < -0.4 is 0 Å². The van der Waals surface area contributed by atoms with E-state index in [0.29, 0.717) is 5.56 Å². The molecule has 1 saturated heterocycles. The minimum absolute atomic E-state index is 0.0407. The predicted octanol–water partition coefficient (Wildman–Crippen LogP) is 3.25. The number of amides is 3. The summed E-state index contributed by atoms with van der Waals surface area (Å²) in [4.78, 5) is 64.3. The molecule has 9 heteroatoms. The first-order chi connectivity index (χ1) is 16.3. The Morgan fingerprint density at radius 3 is 2.03 bits per heavy atom. The summed E-state index contributed by atoms with van der Waals surface area (Å²) in [6.07, 6.45) is 2.61. The van der Waals surface area contributed by atoms with E-state index in [4.69, 9.17) is 0 Å². The molecule has 0 aromatic heterocycles. The molecule has 0 unspecified atom stereocenters. The van der Waals surface area contributed by atoms with E-state index in [1.807, 2.05) is 0 Å². The molecular formula is C25H23N3O6. The van der Waals surface area contributed by atoms with Gasteiger partial charge in [-0.1, -0.05) is 30.3 Å². The van der Waals surface area contributed by atoms with Gasteiger partial charge in [0, 0.05) is 23.3 Å². The van der Waals surface area contributed by atoms with Crippen molar-refractivity contribution in [2.24, 2.45) is 23.7 Å². The summed E-state index contributed by atoms with van der Waals surface area (Å²) in [6, 6.07) is 12.1. The number of hydrazine groups is 1. The van der Waals surface area contributed by atoms with Gasteiger partial charge in [0.25, 0.3) is 23.4 Å². The number of nitro benzene ring substituents is 1. The molecule has 3 amide bonds. The van der Waals surface area contributed by atoms with E-state index in [1.165, 1.54) is 31.2 Å². The van der Waals surface area contributed by atoms with Crippen molar-refractivity contribution < 1.29 is 24.1 Å². The van der Waals surface area contributed by atoms with Crippen LogP contribution in [0.25, 0.3) is 0 Å². The molecule has 34 heavy (non-hydrogen) atoms. The average Bonchev–Trinajstić information content (AvgIpc) is 3.54. The van der Waals surface area contributed by atoms with Gasteiger partial charge >= 0.3 is 0 Å². The molecule has 1 heterocycles. The summed E-state index contributed by atoms with van der Waals surface area (Å²) in [6.45, 7) is 1.49. The molecule has 174 valence electrons. The fraction of sp³-hybridized carbons (Fsp3) is 0.360. The Labute approximate surface area is 195 Å². The van der Waals surface area contributed by atoms with E-state index in [2.05, 4.69) is 0 Å². The monoisotopic (exact) mass is 461 g/mol. The number of hydrogen-bond acceptors (Lipinski definition) is 6. The van der Waals surface area contributed by atoms with Crippen molar-refractivity contribution in [3.05, 3.63) is 75.8 Å². The number of ketones is 1. The van der Waals surface area contributed by atoms with Gasteiger partial charge in [0.15, 0.2) is 5.78 Å². The van der Waals surface area contributed by atoms with Crippen LogP contribution in [0.4, 0.5) is 5.69 Å². The van der Waals surface area contributed by atoms with Gasteiger partial charge in [-0.15, -0.1) is 0 Å². The fourth-order valence-electron chi connectivity index (χ4n) is 5.86. The van der Waals surface area contributed by atoms with E-state index in [0.717, 1.165) is 29.3 Å². The average molecular weight is 461 g/mol. The van der Waals surface area contributed by atoms with E-state index >= 15 is 0 Å². The minimum Gasteiger partial charge on any atom is -0.292 e. The smallest absolute Gasteiger partial charge is 0.273 e. The van der Waals surface area contributed by atoms with Crippen molar-refractivity contribution in [1.82, 2.24) is 10.0 Å². The number of nitrogens with zero attached hydrogens (tertiary/aromatic N) is 3. The molecule has 2 saturated carbocycles. The molecule has 5 rings (SSSR count). The molecule has 0 spiro atoms. The van der Waals surface area contributed by atoms with Crippen LogP contribution >= 0.6 is 0 Å². The predicted molar refractivity (Wildman–Crippen MR) is 119 cm³/mol. The molecule has 3 fully saturated rings. The number of hydrogen-bond donors (Lipinski definition) is 0. The summed E-state index contributed by atoms with van der Waals surface area (Å²) in [7, 11) is 0. The molecule has 2 aromatic carbocycles. The lowest BCUT2D eigenvalue weighted by molar-refractivity contribution is -0.384. The van der Waals surface area contributed by atoms with Crippen LogP contribution in [0, 0.1) is 33.8 Å². The summed E-state index contributed by atoms with van der Waals surface area (Å²) >= 11 is 0. The van der Waals surface area contributed by atoms with Gasteiger partial charge in [-0.05, 0) is 50.2 Å². The molecular weight excluding hydrogens is 438 g/mol. The van der Waals surface area contributed by atoms with Crippen molar-refractivity contribution >= 4 is 29.2 Å². The molecule has 2 aliphatic carbocycles. The van der Waals surface area contributed by atoms with Crippen LogP contribution in [0.3, 0.4) is 0 Å². The number of Topliss-reactive ketones (excluding diaryl/α,β-unsaturated/α-hetero) is 1. The van der Waals surface area contributed by atoms with Gasteiger partial charge in [-0.25, -0.2) is 5.01 Å². The van der Waals surface area contributed by atoms with E-state index < -0.39 is 46.3 Å². The molecule has 3 aliphatic rings. The maximum absolute atomic E-state index is 13.6. The third-order valence-electron chi connectivity index (χ3n) is 7.46. The maximum atomic E-state index is 13.6. The number of fused-ring (bicyclic) bond motifs is 5. The summed E-state index contributed by atoms with van der Waals surface area (Å²) in [5, 5.41) is 12.9. The summed E-state index contributed by atoms with van der Waals surface area (Å²) < 4.78 is 0. The molecule has 5 atom stereocenters. The molecule has 0 radical (unpaired) electrons. The van der Waals surface area contributed by atoms with Crippen molar-refractivity contribution in [2.75, 3.05) is 0 Å². The number of imide groups is 1. The van der Waals surface area contributed by atoms with Gasteiger partial charge in [-0.3, -0.25) is 29.3 Å². The number of nitro groups is 1. The lowest BCUT2D eigenvalue weighted by Crippen LogP contribution is -2.56. The van der Waals surface area contributed by atoms with Crippen LogP contribution in [0.2, 0.25) is 0 Å². The number of benzene rings is 2. The largest absolute Gasteiger partial charge is 0.292 e. The highest BCUT2D eigenvalue weighted by Crippen LogP contribution is 2.56. The van der Waals surface area contributed by atoms with Crippen LogP contribution in [-0.4, -0.2) is 44.5 Å². The van der Waals surface area contributed by atoms with Gasteiger partial charge in [-0.2, -0.15) is 5.01 Å². The zero-order valence-corrected chi connectivity index (χ0v) is 18.5. The van der Waals surface area contributed by atoms with Crippen LogP contribution in [0.5, 0.6) is 0 Å². The van der Waals surface area contributed by atoms with E-state index in [-0.39, 0.29) is 23.1 Å². The Morgan fingerprint density at radius 1 is 0.941 bits per heavy atom. The number of rotatable bonds is 6. The molecule has 2 aromatic rings. The Kier molecular flexibility index (Phi) is 5.27. The third kappa shape index (κ3) is 3.30. The standard InChI is InChI=1S/C25H23N3O6/c1-14(22(29)15-5-3-2-4-6-15)26(23(30)16-9-11-19(12-10-16)28(33)34)27-24(31)20-17-7-8-18(13-17)21(20)25(27)32/h2-6,9-12,14,17-18,20-21H,7-8,13H2,1H3/t14-,17+,18+,20-,21+/m1/s1. The highest BCUT2D eigenvalue weighted by molar-refractivity contribution is 6.10. The number of carbonyl (C=O) groups excluding carboxylic acids is 4. The quantitative estimate of drug-likeness (QED) is 0.282. The lowest BCUT2D eigenvalue weighted by Gasteiger charge is -2.35. The highest BCUT2D eigenvalue weighted by atomic mass is 16.6. The maximum Gasteiger partial charge on any atom is 0.273 e. The third-order valence-corrected chi connectivity index (χ3v) is 7.46. The Balaban J connectivity index is 1.54.